The van der Waals surface area contributed by atoms with Crippen LogP contribution in [-0.4, -0.2) is 14.9 Å². The van der Waals surface area contributed by atoms with Crippen molar-refractivity contribution in [3.05, 3.63) is 0 Å². The van der Waals surface area contributed by atoms with Crippen LogP contribution < -0.4 is 0 Å². The molecule has 0 bridgehead atoms. The Morgan fingerprint density at radius 3 is 1.59 bits per heavy atom. The van der Waals surface area contributed by atoms with Crippen LogP contribution in [0.2, 0.25) is 17.6 Å². The topological polar surface area (TPSA) is 9.23 Å². The van der Waals surface area contributed by atoms with E-state index in [2.05, 4.69) is 13.5 Å². The summed E-state index contributed by atoms with van der Waals surface area (Å²) < 4.78 is 6.45. The summed E-state index contributed by atoms with van der Waals surface area (Å²) in [5.41, 5.74) is 1.94. The zero-order chi connectivity index (χ0) is 12.1. The summed E-state index contributed by atoms with van der Waals surface area (Å²) in [6.45, 7) is 5.73. The first-order valence-electron chi connectivity index (χ1n) is 7.91. The highest BCUT2D eigenvalue weighted by Gasteiger charge is 2.45. The molecule has 0 amide bonds. The minimum absolute atomic E-state index is 0.954. The van der Waals surface area contributed by atoms with Crippen molar-refractivity contribution in [1.82, 2.24) is 0 Å². The summed E-state index contributed by atoms with van der Waals surface area (Å²) in [6.07, 6.45) is 14.7. The monoisotopic (exact) mass is 254 g/mol. The molecule has 0 N–H and O–H groups in total. The van der Waals surface area contributed by atoms with E-state index >= 15 is 0 Å². The van der Waals surface area contributed by atoms with Gasteiger partial charge >= 0.3 is 0 Å². The van der Waals surface area contributed by atoms with Crippen LogP contribution >= 0.6 is 0 Å². The maximum Gasteiger partial charge on any atom is 0.195 e. The highest BCUT2D eigenvalue weighted by Crippen LogP contribution is 2.48. The van der Waals surface area contributed by atoms with Crippen molar-refractivity contribution in [1.29, 1.82) is 0 Å². The molecule has 0 heterocycles. The molecule has 2 heteroatoms. The summed E-state index contributed by atoms with van der Waals surface area (Å²) in [6, 6.07) is 0. The van der Waals surface area contributed by atoms with Crippen LogP contribution in [0.15, 0.2) is 0 Å². The van der Waals surface area contributed by atoms with Gasteiger partial charge in [0.25, 0.3) is 0 Å². The van der Waals surface area contributed by atoms with Gasteiger partial charge in [0.05, 0.1) is 0 Å². The summed E-state index contributed by atoms with van der Waals surface area (Å²) in [5.74, 6) is 0. The lowest BCUT2D eigenvalue weighted by molar-refractivity contribution is 0.278. The molecule has 2 fully saturated rings. The van der Waals surface area contributed by atoms with E-state index in [1.807, 2.05) is 0 Å². The van der Waals surface area contributed by atoms with E-state index in [0.29, 0.717) is 0 Å². The quantitative estimate of drug-likeness (QED) is 0.621. The van der Waals surface area contributed by atoms with E-state index in [1.165, 1.54) is 64.2 Å². The molecule has 0 aromatic rings. The van der Waals surface area contributed by atoms with Crippen molar-refractivity contribution < 1.29 is 4.43 Å². The van der Waals surface area contributed by atoms with Crippen LogP contribution in [-0.2, 0) is 4.43 Å². The zero-order valence-corrected chi connectivity index (χ0v) is 12.8. The standard InChI is InChI=1S/C15H30OSi/c1-3-16-17(2,14-10-6-4-7-11-14)15-12-8-5-9-13-15/h14-15H,3-13H2,1-2H3. The second-order valence-electron chi connectivity index (χ2n) is 6.29. The third kappa shape index (κ3) is 3.14. The Bertz CT molecular complexity index is 199. The average molecular weight is 254 g/mol. The van der Waals surface area contributed by atoms with Gasteiger partial charge in [-0.2, -0.15) is 0 Å². The molecular formula is C15H30OSi. The highest BCUT2D eigenvalue weighted by molar-refractivity contribution is 6.75. The summed E-state index contributed by atoms with van der Waals surface area (Å²) in [7, 11) is -1.45. The van der Waals surface area contributed by atoms with Crippen LogP contribution in [0.3, 0.4) is 0 Å². The van der Waals surface area contributed by atoms with Crippen LogP contribution in [0.25, 0.3) is 0 Å². The van der Waals surface area contributed by atoms with E-state index in [9.17, 15) is 0 Å². The van der Waals surface area contributed by atoms with Gasteiger partial charge in [-0.15, -0.1) is 0 Å². The lowest BCUT2D eigenvalue weighted by Gasteiger charge is -2.44. The molecule has 2 saturated carbocycles. The maximum atomic E-state index is 6.45. The molecule has 0 saturated heterocycles. The third-order valence-corrected chi connectivity index (χ3v) is 10.6. The Kier molecular flexibility index (Phi) is 5.10. The van der Waals surface area contributed by atoms with Crippen LogP contribution in [0.1, 0.15) is 71.1 Å². The summed E-state index contributed by atoms with van der Waals surface area (Å²) in [4.78, 5) is 0. The molecule has 0 aromatic carbocycles. The molecule has 0 radical (unpaired) electrons. The summed E-state index contributed by atoms with van der Waals surface area (Å²) >= 11 is 0. The first kappa shape index (κ1) is 13.6. The molecule has 2 aliphatic rings. The Balaban J connectivity index is 2.05. The van der Waals surface area contributed by atoms with E-state index in [-0.39, 0.29) is 0 Å². The van der Waals surface area contributed by atoms with Gasteiger partial charge in [0.1, 0.15) is 0 Å². The Hall–Kier alpha value is 0.177. The van der Waals surface area contributed by atoms with E-state index < -0.39 is 8.32 Å². The van der Waals surface area contributed by atoms with E-state index in [0.717, 1.165) is 17.7 Å². The Morgan fingerprint density at radius 2 is 1.24 bits per heavy atom. The zero-order valence-electron chi connectivity index (χ0n) is 11.8. The first-order valence-corrected chi connectivity index (χ1v) is 10.5. The minimum atomic E-state index is -1.45. The molecule has 0 atom stereocenters. The van der Waals surface area contributed by atoms with Gasteiger partial charge in [0, 0.05) is 6.61 Å². The normalized spacial score (nSPS) is 25.1. The second-order valence-corrected chi connectivity index (χ2v) is 10.6. The van der Waals surface area contributed by atoms with Crippen molar-refractivity contribution in [3.8, 4) is 0 Å². The Labute approximate surface area is 108 Å². The van der Waals surface area contributed by atoms with Gasteiger partial charge in [0.2, 0.25) is 0 Å². The molecule has 0 aliphatic heterocycles. The number of hydrogen-bond donors (Lipinski definition) is 0. The number of rotatable bonds is 4. The predicted molar refractivity (Wildman–Crippen MR) is 76.9 cm³/mol. The average Bonchev–Trinajstić information content (AvgIpc) is 2.41. The number of hydrogen-bond acceptors (Lipinski definition) is 1. The van der Waals surface area contributed by atoms with Crippen molar-refractivity contribution in [2.45, 2.75) is 88.8 Å². The van der Waals surface area contributed by atoms with Gasteiger partial charge in [-0.05, 0) is 24.6 Å². The van der Waals surface area contributed by atoms with Crippen LogP contribution in [0.4, 0.5) is 0 Å². The van der Waals surface area contributed by atoms with Gasteiger partial charge < -0.3 is 4.43 Å². The molecule has 0 spiro atoms. The third-order valence-electron chi connectivity index (χ3n) is 5.29. The molecule has 1 nitrogen and oxygen atoms in total. The molecule has 2 aliphatic carbocycles. The van der Waals surface area contributed by atoms with Crippen molar-refractivity contribution >= 4 is 8.32 Å². The van der Waals surface area contributed by atoms with Gasteiger partial charge in [-0.1, -0.05) is 64.2 Å². The fourth-order valence-corrected chi connectivity index (χ4v) is 9.10. The maximum absolute atomic E-state index is 6.45. The van der Waals surface area contributed by atoms with E-state index in [1.54, 1.807) is 0 Å². The SMILES string of the molecule is CCO[Si](C)(C1CCCCC1)C1CCCCC1. The van der Waals surface area contributed by atoms with Crippen molar-refractivity contribution in [2.24, 2.45) is 0 Å². The van der Waals surface area contributed by atoms with Crippen LogP contribution in [0, 0.1) is 0 Å². The largest absolute Gasteiger partial charge is 0.417 e. The minimum Gasteiger partial charge on any atom is -0.417 e. The predicted octanol–water partition coefficient (Wildman–Crippen LogP) is 5.27. The molecule has 2 rings (SSSR count). The lowest BCUT2D eigenvalue weighted by atomic mass is 9.99. The van der Waals surface area contributed by atoms with Gasteiger partial charge in [0.15, 0.2) is 8.32 Å². The van der Waals surface area contributed by atoms with Crippen LogP contribution in [0.5, 0.6) is 0 Å². The molecule has 0 unspecified atom stereocenters. The van der Waals surface area contributed by atoms with E-state index in [4.69, 9.17) is 4.43 Å². The fourth-order valence-electron chi connectivity index (χ4n) is 4.23. The second kappa shape index (κ2) is 6.37. The smallest absolute Gasteiger partial charge is 0.195 e. The summed E-state index contributed by atoms with van der Waals surface area (Å²) in [5, 5.41) is 0. The molecular weight excluding hydrogens is 224 g/mol. The lowest BCUT2D eigenvalue weighted by Crippen LogP contribution is -2.46. The molecule has 17 heavy (non-hydrogen) atoms. The highest BCUT2D eigenvalue weighted by atomic mass is 28.4. The van der Waals surface area contributed by atoms with Gasteiger partial charge in [-0.25, -0.2) is 0 Å². The fraction of sp³-hybridized carbons (Fsp3) is 1.00. The molecule has 0 aromatic heterocycles. The van der Waals surface area contributed by atoms with Gasteiger partial charge in [-0.3, -0.25) is 0 Å². The van der Waals surface area contributed by atoms with Crippen molar-refractivity contribution in [3.63, 3.8) is 0 Å². The van der Waals surface area contributed by atoms with Crippen molar-refractivity contribution in [2.75, 3.05) is 6.61 Å². The first-order chi connectivity index (χ1) is 8.27. The molecule has 100 valence electrons. The Morgan fingerprint density at radius 1 is 0.824 bits per heavy atom.